The average Bonchev–Trinajstić information content (AvgIpc) is 3.34. The van der Waals surface area contributed by atoms with Gasteiger partial charge in [0.05, 0.1) is 39.6 Å². The van der Waals surface area contributed by atoms with E-state index in [0.717, 1.165) is 22.6 Å². The number of aromatic nitrogens is 3. The fourth-order valence-corrected chi connectivity index (χ4v) is 3.58. The van der Waals surface area contributed by atoms with Crippen molar-refractivity contribution in [2.24, 2.45) is 0 Å². The number of nitrogens with zero attached hydrogens (tertiary/aromatic N) is 3. The van der Waals surface area contributed by atoms with Crippen molar-refractivity contribution in [1.82, 2.24) is 14.9 Å². The Morgan fingerprint density at radius 2 is 1.69 bits per heavy atom. The summed E-state index contributed by atoms with van der Waals surface area (Å²) in [4.78, 5) is 24.8. The van der Waals surface area contributed by atoms with Crippen LogP contribution in [0.15, 0.2) is 59.1 Å². The number of carbonyl (C=O) groups is 2. The maximum atomic E-state index is 12.4. The van der Waals surface area contributed by atoms with Crippen LogP contribution in [-0.2, 0) is 16.1 Å². The fourth-order valence-electron chi connectivity index (χ4n) is 3.58. The Bertz CT molecular complexity index is 1320. The fraction of sp³-hybridized carbons (Fsp3) is 0.231. The third-order valence-corrected chi connectivity index (χ3v) is 5.55. The van der Waals surface area contributed by atoms with Gasteiger partial charge in [0, 0.05) is 0 Å². The first kappa shape index (κ1) is 23.7. The first-order chi connectivity index (χ1) is 16.8. The Morgan fingerprint density at radius 3 is 2.34 bits per heavy atom. The number of ether oxygens (including phenoxy) is 2. The maximum absolute atomic E-state index is 12.4. The van der Waals surface area contributed by atoms with E-state index < -0.39 is 18.5 Å². The summed E-state index contributed by atoms with van der Waals surface area (Å²) in [5.41, 5.74) is 4.90. The second-order valence-electron chi connectivity index (χ2n) is 8.03. The van der Waals surface area contributed by atoms with Gasteiger partial charge in [0.2, 0.25) is 0 Å². The van der Waals surface area contributed by atoms with Crippen LogP contribution >= 0.6 is 0 Å². The smallest absolute Gasteiger partial charge is 0.338 e. The maximum Gasteiger partial charge on any atom is 0.338 e. The lowest BCUT2D eigenvalue weighted by molar-refractivity contribution is -0.119. The normalized spacial score (nSPS) is 10.7. The highest BCUT2D eigenvalue weighted by atomic mass is 16.5. The van der Waals surface area contributed by atoms with Gasteiger partial charge in [-0.05, 0) is 64.1 Å². The van der Waals surface area contributed by atoms with E-state index in [9.17, 15) is 9.59 Å². The minimum Gasteiger partial charge on any atom is -0.489 e. The molecule has 180 valence electrons. The summed E-state index contributed by atoms with van der Waals surface area (Å²) in [6, 6.07) is 16.1. The van der Waals surface area contributed by atoms with Crippen molar-refractivity contribution < 1.29 is 23.6 Å². The predicted molar refractivity (Wildman–Crippen MR) is 129 cm³/mol. The Hall–Kier alpha value is -4.40. The van der Waals surface area contributed by atoms with Crippen molar-refractivity contribution >= 4 is 17.6 Å². The molecule has 4 rings (SSSR count). The van der Waals surface area contributed by atoms with Crippen LogP contribution in [-0.4, -0.2) is 33.4 Å². The number of aryl methyl sites for hydroxylation is 3. The molecule has 0 atom stereocenters. The Labute approximate surface area is 202 Å². The van der Waals surface area contributed by atoms with Gasteiger partial charge in [-0.2, -0.15) is 5.10 Å². The Balaban J connectivity index is 1.31. The van der Waals surface area contributed by atoms with Gasteiger partial charge in [0.25, 0.3) is 5.91 Å². The zero-order chi connectivity index (χ0) is 24.9. The highest BCUT2D eigenvalue weighted by Gasteiger charge is 2.17. The van der Waals surface area contributed by atoms with Crippen LogP contribution in [0.25, 0.3) is 5.69 Å². The first-order valence-electron chi connectivity index (χ1n) is 11.1. The second-order valence-corrected chi connectivity index (χ2v) is 8.03. The molecule has 0 saturated heterocycles. The van der Waals surface area contributed by atoms with E-state index in [4.69, 9.17) is 14.0 Å². The number of esters is 1. The van der Waals surface area contributed by atoms with E-state index >= 15 is 0 Å². The van der Waals surface area contributed by atoms with Crippen LogP contribution in [0.5, 0.6) is 5.75 Å². The third-order valence-electron chi connectivity index (χ3n) is 5.55. The molecule has 0 bridgehead atoms. The van der Waals surface area contributed by atoms with Crippen LogP contribution in [0.1, 0.15) is 38.8 Å². The number of carbonyl (C=O) groups excluding carboxylic acids is 2. The zero-order valence-corrected chi connectivity index (χ0v) is 20.0. The summed E-state index contributed by atoms with van der Waals surface area (Å²) in [6.07, 6.45) is 0. The SMILES string of the molecule is Cc1noc(C)c1COc1ccc(C(=O)OCC(=O)Nc2c(C)nn(-c3ccccc3)c2C)cc1. The summed E-state index contributed by atoms with van der Waals surface area (Å²) in [6.45, 7) is 7.24. The third kappa shape index (κ3) is 5.40. The molecule has 0 aliphatic rings. The number of amides is 1. The number of rotatable bonds is 8. The highest BCUT2D eigenvalue weighted by Crippen LogP contribution is 2.23. The summed E-state index contributed by atoms with van der Waals surface area (Å²) < 4.78 is 17.8. The monoisotopic (exact) mass is 474 g/mol. The second kappa shape index (κ2) is 10.3. The summed E-state index contributed by atoms with van der Waals surface area (Å²) in [5, 5.41) is 11.2. The lowest BCUT2D eigenvalue weighted by Gasteiger charge is -2.09. The van der Waals surface area contributed by atoms with Gasteiger partial charge < -0.3 is 19.3 Å². The Morgan fingerprint density at radius 1 is 0.971 bits per heavy atom. The molecule has 0 spiro atoms. The van der Waals surface area contributed by atoms with Crippen molar-refractivity contribution in [1.29, 1.82) is 0 Å². The van der Waals surface area contributed by atoms with Gasteiger partial charge in [-0.1, -0.05) is 23.4 Å². The number of benzene rings is 2. The number of para-hydroxylation sites is 1. The minimum atomic E-state index is -0.606. The van der Waals surface area contributed by atoms with Crippen molar-refractivity contribution in [3.05, 3.63) is 88.6 Å². The summed E-state index contributed by atoms with van der Waals surface area (Å²) >= 11 is 0. The van der Waals surface area contributed by atoms with Gasteiger partial charge in [-0.3, -0.25) is 4.79 Å². The van der Waals surface area contributed by atoms with Crippen LogP contribution in [0, 0.1) is 27.7 Å². The van der Waals surface area contributed by atoms with Crippen LogP contribution in [0.3, 0.4) is 0 Å². The standard InChI is InChI=1S/C26H26N4O5/c1-16-23(19(4)35-29-16)14-33-22-12-10-20(11-13-22)26(32)34-15-24(31)27-25-17(2)28-30(18(25)3)21-8-6-5-7-9-21/h5-13H,14-15H2,1-4H3,(H,27,31). The molecule has 1 amide bonds. The van der Waals surface area contributed by atoms with E-state index in [1.54, 1.807) is 28.9 Å². The molecule has 35 heavy (non-hydrogen) atoms. The predicted octanol–water partition coefficient (Wildman–Crippen LogP) is 4.47. The number of anilines is 1. The molecule has 2 heterocycles. The van der Waals surface area contributed by atoms with Gasteiger partial charge in [0.15, 0.2) is 6.61 Å². The lowest BCUT2D eigenvalue weighted by Crippen LogP contribution is -2.21. The number of hydrogen-bond acceptors (Lipinski definition) is 7. The summed E-state index contributed by atoms with van der Waals surface area (Å²) in [7, 11) is 0. The van der Waals surface area contributed by atoms with Crippen LogP contribution in [0.4, 0.5) is 5.69 Å². The van der Waals surface area contributed by atoms with Gasteiger partial charge in [-0.25, -0.2) is 9.48 Å². The molecule has 1 N–H and O–H groups in total. The molecule has 2 aromatic heterocycles. The molecule has 0 unspecified atom stereocenters. The first-order valence-corrected chi connectivity index (χ1v) is 11.1. The largest absolute Gasteiger partial charge is 0.489 e. The zero-order valence-electron chi connectivity index (χ0n) is 20.0. The van der Waals surface area contributed by atoms with E-state index in [1.807, 2.05) is 58.0 Å². The quantitative estimate of drug-likeness (QED) is 0.375. The molecular weight excluding hydrogens is 448 g/mol. The molecule has 9 heteroatoms. The lowest BCUT2D eigenvalue weighted by atomic mass is 10.2. The van der Waals surface area contributed by atoms with Crippen LogP contribution < -0.4 is 10.1 Å². The van der Waals surface area contributed by atoms with E-state index in [-0.39, 0.29) is 0 Å². The van der Waals surface area contributed by atoms with Crippen molar-refractivity contribution in [3.8, 4) is 11.4 Å². The van der Waals surface area contributed by atoms with Crippen LogP contribution in [0.2, 0.25) is 0 Å². The molecule has 4 aromatic rings. The van der Waals surface area contributed by atoms with Crippen molar-refractivity contribution in [2.45, 2.75) is 34.3 Å². The van der Waals surface area contributed by atoms with Crippen molar-refractivity contribution in [3.63, 3.8) is 0 Å². The number of hydrogen-bond donors (Lipinski definition) is 1. The van der Waals surface area contributed by atoms with Crippen molar-refractivity contribution in [2.75, 3.05) is 11.9 Å². The highest BCUT2D eigenvalue weighted by molar-refractivity contribution is 5.96. The minimum absolute atomic E-state index is 0.310. The Kier molecular flexibility index (Phi) is 6.96. The van der Waals surface area contributed by atoms with Gasteiger partial charge in [-0.15, -0.1) is 0 Å². The molecule has 0 saturated carbocycles. The molecular formula is C26H26N4O5. The van der Waals surface area contributed by atoms with Gasteiger partial charge >= 0.3 is 5.97 Å². The average molecular weight is 475 g/mol. The molecule has 0 aliphatic carbocycles. The van der Waals surface area contributed by atoms with E-state index in [2.05, 4.69) is 15.6 Å². The molecule has 9 nitrogen and oxygen atoms in total. The molecule has 0 fully saturated rings. The molecule has 0 aliphatic heterocycles. The molecule has 2 aromatic carbocycles. The van der Waals surface area contributed by atoms with E-state index in [1.165, 1.54) is 0 Å². The van der Waals surface area contributed by atoms with E-state index in [0.29, 0.717) is 35.1 Å². The van der Waals surface area contributed by atoms with Gasteiger partial charge in [0.1, 0.15) is 18.1 Å². The topological polar surface area (TPSA) is 108 Å². The molecule has 0 radical (unpaired) electrons. The number of nitrogens with one attached hydrogen (secondary N) is 1. The summed E-state index contributed by atoms with van der Waals surface area (Å²) in [5.74, 6) is 0.238.